The summed E-state index contributed by atoms with van der Waals surface area (Å²) in [7, 11) is 0. The zero-order chi connectivity index (χ0) is 16.2. The number of carbonyl (C=O) groups excluding carboxylic acids is 1. The van der Waals surface area contributed by atoms with Crippen molar-refractivity contribution in [1.29, 1.82) is 0 Å². The minimum absolute atomic E-state index is 0.155. The van der Waals surface area contributed by atoms with Crippen LogP contribution in [0.5, 0.6) is 0 Å². The first-order chi connectivity index (χ1) is 10.4. The van der Waals surface area contributed by atoms with Crippen LogP contribution in [0.1, 0.15) is 52.9 Å². The normalized spacial score (nSPS) is 27.2. The van der Waals surface area contributed by atoms with Crippen LogP contribution in [0.3, 0.4) is 0 Å². The molecule has 1 saturated heterocycles. The van der Waals surface area contributed by atoms with Gasteiger partial charge in [0.05, 0.1) is 0 Å². The van der Waals surface area contributed by atoms with Crippen LogP contribution >= 0.6 is 11.8 Å². The zero-order valence-corrected chi connectivity index (χ0v) is 15.4. The Kier molecular flexibility index (Phi) is 6.45. The summed E-state index contributed by atoms with van der Waals surface area (Å²) in [5.41, 5.74) is -0.397. The van der Waals surface area contributed by atoms with Gasteiger partial charge in [-0.15, -0.1) is 0 Å². The molecule has 2 fully saturated rings. The van der Waals surface area contributed by atoms with Crippen molar-refractivity contribution in [3.05, 3.63) is 0 Å². The fourth-order valence-corrected chi connectivity index (χ4v) is 4.12. The Morgan fingerprint density at radius 1 is 1.23 bits per heavy atom. The maximum atomic E-state index is 12.0. The van der Waals surface area contributed by atoms with Crippen LogP contribution in [0.15, 0.2) is 0 Å². The number of nitrogens with one attached hydrogen (secondary N) is 1. The molecule has 2 atom stereocenters. The molecule has 128 valence electrons. The maximum absolute atomic E-state index is 12.0. The number of amides is 1. The van der Waals surface area contributed by atoms with E-state index in [1.807, 2.05) is 37.4 Å². The summed E-state index contributed by atoms with van der Waals surface area (Å²) in [6.07, 6.45) is 8.24. The molecule has 1 aliphatic carbocycles. The first kappa shape index (κ1) is 17.9. The number of nitrogens with zero attached hydrogens (tertiary/aromatic N) is 1. The Balaban J connectivity index is 1.64. The quantitative estimate of drug-likeness (QED) is 0.857. The van der Waals surface area contributed by atoms with Crippen molar-refractivity contribution in [1.82, 2.24) is 10.2 Å². The monoisotopic (exact) mass is 328 g/mol. The SMILES string of the molecule is CSC1CCC(NCC2CCN(C(=O)OC(C)(C)C)CC2)C1. The highest BCUT2D eigenvalue weighted by molar-refractivity contribution is 7.99. The lowest BCUT2D eigenvalue weighted by Gasteiger charge is -2.34. The van der Waals surface area contributed by atoms with Gasteiger partial charge in [0, 0.05) is 24.4 Å². The minimum atomic E-state index is -0.397. The van der Waals surface area contributed by atoms with Crippen LogP contribution in [-0.2, 0) is 4.74 Å². The van der Waals surface area contributed by atoms with E-state index in [1.54, 1.807) is 0 Å². The largest absolute Gasteiger partial charge is 0.444 e. The van der Waals surface area contributed by atoms with E-state index in [0.29, 0.717) is 12.0 Å². The van der Waals surface area contributed by atoms with Gasteiger partial charge in [-0.2, -0.15) is 11.8 Å². The van der Waals surface area contributed by atoms with E-state index in [0.717, 1.165) is 37.7 Å². The summed E-state index contributed by atoms with van der Waals surface area (Å²) < 4.78 is 5.45. The van der Waals surface area contributed by atoms with Crippen molar-refractivity contribution in [2.75, 3.05) is 25.9 Å². The molecule has 0 bridgehead atoms. The van der Waals surface area contributed by atoms with Crippen molar-refractivity contribution in [2.24, 2.45) is 5.92 Å². The Labute approximate surface area is 139 Å². The summed E-state index contributed by atoms with van der Waals surface area (Å²) in [5.74, 6) is 0.701. The van der Waals surface area contributed by atoms with E-state index >= 15 is 0 Å². The summed E-state index contributed by atoms with van der Waals surface area (Å²) in [4.78, 5) is 13.9. The van der Waals surface area contributed by atoms with Gasteiger partial charge in [-0.1, -0.05) is 0 Å². The molecule has 22 heavy (non-hydrogen) atoms. The first-order valence-corrected chi connectivity index (χ1v) is 9.90. The lowest BCUT2D eigenvalue weighted by molar-refractivity contribution is 0.0183. The predicted octanol–water partition coefficient (Wildman–Crippen LogP) is 3.51. The van der Waals surface area contributed by atoms with Gasteiger partial charge in [0.25, 0.3) is 0 Å². The van der Waals surface area contributed by atoms with E-state index in [9.17, 15) is 4.79 Å². The van der Waals surface area contributed by atoms with E-state index in [-0.39, 0.29) is 6.09 Å². The summed E-state index contributed by atoms with van der Waals surface area (Å²) in [6.45, 7) is 8.54. The second-order valence-corrected chi connectivity index (χ2v) is 8.82. The molecular formula is C17H32N2O2S. The number of hydrogen-bond donors (Lipinski definition) is 1. The lowest BCUT2D eigenvalue weighted by atomic mass is 9.96. The predicted molar refractivity (Wildman–Crippen MR) is 93.5 cm³/mol. The van der Waals surface area contributed by atoms with Gasteiger partial charge in [-0.3, -0.25) is 0 Å². The molecule has 2 unspecified atom stereocenters. The van der Waals surface area contributed by atoms with Crippen molar-refractivity contribution >= 4 is 17.9 Å². The van der Waals surface area contributed by atoms with Crippen LogP contribution in [0.4, 0.5) is 4.79 Å². The Morgan fingerprint density at radius 3 is 2.45 bits per heavy atom. The number of thioether (sulfide) groups is 1. The van der Waals surface area contributed by atoms with Gasteiger partial charge in [0.2, 0.25) is 0 Å². The molecule has 1 saturated carbocycles. The van der Waals surface area contributed by atoms with Gasteiger partial charge in [0.15, 0.2) is 0 Å². The Hall–Kier alpha value is -0.420. The van der Waals surface area contributed by atoms with Crippen molar-refractivity contribution in [3.63, 3.8) is 0 Å². The van der Waals surface area contributed by atoms with E-state index in [4.69, 9.17) is 4.74 Å². The second-order valence-electron chi connectivity index (χ2n) is 7.69. The van der Waals surface area contributed by atoms with Crippen LogP contribution in [0.2, 0.25) is 0 Å². The highest BCUT2D eigenvalue weighted by Gasteiger charge is 2.28. The second kappa shape index (κ2) is 7.91. The Morgan fingerprint density at radius 2 is 1.91 bits per heavy atom. The molecular weight excluding hydrogens is 296 g/mol. The first-order valence-electron chi connectivity index (χ1n) is 8.61. The molecule has 1 amide bonds. The fourth-order valence-electron chi connectivity index (χ4n) is 3.32. The minimum Gasteiger partial charge on any atom is -0.444 e. The molecule has 0 aromatic heterocycles. The van der Waals surface area contributed by atoms with E-state index in [2.05, 4.69) is 11.6 Å². The average Bonchev–Trinajstić information content (AvgIpc) is 2.92. The molecule has 2 rings (SSSR count). The van der Waals surface area contributed by atoms with Gasteiger partial charge < -0.3 is 15.0 Å². The highest BCUT2D eigenvalue weighted by atomic mass is 32.2. The molecule has 1 aliphatic heterocycles. The summed E-state index contributed by atoms with van der Waals surface area (Å²) >= 11 is 2.01. The molecule has 4 nitrogen and oxygen atoms in total. The maximum Gasteiger partial charge on any atom is 0.410 e. The summed E-state index contributed by atoms with van der Waals surface area (Å²) in [6, 6.07) is 0.710. The average molecular weight is 329 g/mol. The highest BCUT2D eigenvalue weighted by Crippen LogP contribution is 2.28. The topological polar surface area (TPSA) is 41.6 Å². The molecule has 1 N–H and O–H groups in total. The van der Waals surface area contributed by atoms with E-state index in [1.165, 1.54) is 19.3 Å². The molecule has 1 heterocycles. The van der Waals surface area contributed by atoms with Gasteiger partial charge >= 0.3 is 6.09 Å². The molecule has 0 aromatic carbocycles. The third-order valence-electron chi connectivity index (χ3n) is 4.68. The molecule has 0 aromatic rings. The van der Waals surface area contributed by atoms with Crippen molar-refractivity contribution in [2.45, 2.75) is 69.8 Å². The third-order valence-corrected chi connectivity index (χ3v) is 5.77. The van der Waals surface area contributed by atoms with Crippen LogP contribution in [-0.4, -0.2) is 53.8 Å². The lowest BCUT2D eigenvalue weighted by Crippen LogP contribution is -2.44. The molecule has 0 spiro atoms. The number of ether oxygens (including phenoxy) is 1. The molecule has 5 heteroatoms. The number of likely N-dealkylation sites (tertiary alicyclic amines) is 1. The van der Waals surface area contributed by atoms with Crippen LogP contribution in [0, 0.1) is 5.92 Å². The van der Waals surface area contributed by atoms with Crippen molar-refractivity contribution < 1.29 is 9.53 Å². The number of rotatable bonds is 4. The number of carbonyl (C=O) groups is 1. The Bertz CT molecular complexity index is 362. The van der Waals surface area contributed by atoms with Gasteiger partial charge in [-0.05, 0) is 71.6 Å². The van der Waals surface area contributed by atoms with E-state index < -0.39 is 5.60 Å². The van der Waals surface area contributed by atoms with Crippen LogP contribution < -0.4 is 5.32 Å². The summed E-state index contributed by atoms with van der Waals surface area (Å²) in [5, 5.41) is 4.60. The smallest absolute Gasteiger partial charge is 0.410 e. The molecule has 0 radical (unpaired) electrons. The zero-order valence-electron chi connectivity index (χ0n) is 14.6. The third kappa shape index (κ3) is 5.65. The number of piperidine rings is 1. The van der Waals surface area contributed by atoms with Crippen molar-refractivity contribution in [3.8, 4) is 0 Å². The molecule has 2 aliphatic rings. The van der Waals surface area contributed by atoms with Gasteiger partial charge in [0.1, 0.15) is 5.60 Å². The van der Waals surface area contributed by atoms with Gasteiger partial charge in [-0.25, -0.2) is 4.79 Å². The van der Waals surface area contributed by atoms with Crippen LogP contribution in [0.25, 0.3) is 0 Å². The fraction of sp³-hybridized carbons (Fsp3) is 0.941. The standard InChI is InChI=1S/C17H32N2O2S/c1-17(2,3)21-16(20)19-9-7-13(8-10-19)12-18-14-5-6-15(11-14)22-4/h13-15,18H,5-12H2,1-4H3. The number of hydrogen-bond acceptors (Lipinski definition) is 4.